The zero-order chi connectivity index (χ0) is 28.9. The summed E-state index contributed by atoms with van der Waals surface area (Å²) in [5.74, 6) is -1.81. The number of aliphatic imine (C=N–C) groups is 1. The fourth-order valence-corrected chi connectivity index (χ4v) is 3.66. The number of amides is 1. The van der Waals surface area contributed by atoms with Crippen LogP contribution in [-0.2, 0) is 38.1 Å². The van der Waals surface area contributed by atoms with Crippen molar-refractivity contribution in [3.63, 3.8) is 0 Å². The van der Waals surface area contributed by atoms with Gasteiger partial charge in [0.25, 0.3) is 0 Å². The minimum Gasteiger partial charge on any atom is -0.463 e. The summed E-state index contributed by atoms with van der Waals surface area (Å²) < 4.78 is 21.2. The molecule has 0 aliphatic heterocycles. The zero-order valence-electron chi connectivity index (χ0n) is 23.6. The topological polar surface area (TPSA) is 168 Å². The Morgan fingerprint density at radius 2 is 1.74 bits per heavy atom. The number of ether oxygens (including phenoxy) is 4. The van der Waals surface area contributed by atoms with Crippen LogP contribution >= 0.6 is 0 Å². The standard InChI is InChI=1S/C26H44N4O8/c1-8-18(9-2)38-20-14-17(23(33)35-10-3)13-19(22(20)29-16(4)31)30-25(27)28-12-11-21(32)36-15-37-24(34)26(5,6)7/h14,18-20,22H,8-13,15H2,1-7H3,(H,29,31)(H3,27,28,30). The van der Waals surface area contributed by atoms with Crippen molar-refractivity contribution in [3.05, 3.63) is 11.6 Å². The van der Waals surface area contributed by atoms with Crippen LogP contribution < -0.4 is 16.4 Å². The Kier molecular flexibility index (Phi) is 13.8. The summed E-state index contributed by atoms with van der Waals surface area (Å²) in [6, 6.07) is -1.07. The van der Waals surface area contributed by atoms with E-state index in [1.165, 1.54) is 6.92 Å². The molecule has 4 N–H and O–H groups in total. The molecule has 0 saturated carbocycles. The summed E-state index contributed by atoms with van der Waals surface area (Å²) in [6.45, 7) is 11.9. The first-order valence-corrected chi connectivity index (χ1v) is 13.0. The van der Waals surface area contributed by atoms with E-state index in [-0.39, 0.29) is 44.0 Å². The number of rotatable bonds is 13. The summed E-state index contributed by atoms with van der Waals surface area (Å²) in [5.41, 5.74) is 5.78. The van der Waals surface area contributed by atoms with E-state index in [0.717, 1.165) is 12.8 Å². The molecule has 1 rings (SSSR count). The lowest BCUT2D eigenvalue weighted by molar-refractivity contribution is -0.173. The van der Waals surface area contributed by atoms with Gasteiger partial charge in [0.05, 0.1) is 49.3 Å². The molecule has 0 aromatic heterocycles. The van der Waals surface area contributed by atoms with Gasteiger partial charge < -0.3 is 35.3 Å². The van der Waals surface area contributed by atoms with E-state index in [2.05, 4.69) is 15.6 Å². The molecule has 0 bridgehead atoms. The number of hydrogen-bond acceptors (Lipinski definition) is 9. The van der Waals surface area contributed by atoms with Gasteiger partial charge in [0, 0.05) is 18.9 Å². The fraction of sp³-hybridized carbons (Fsp3) is 0.731. The predicted molar refractivity (Wildman–Crippen MR) is 141 cm³/mol. The van der Waals surface area contributed by atoms with Crippen LogP contribution in [0.15, 0.2) is 16.6 Å². The lowest BCUT2D eigenvalue weighted by Gasteiger charge is -2.38. The molecule has 0 aromatic rings. The van der Waals surface area contributed by atoms with Crippen molar-refractivity contribution >= 4 is 29.8 Å². The van der Waals surface area contributed by atoms with Crippen molar-refractivity contribution in [1.82, 2.24) is 10.6 Å². The van der Waals surface area contributed by atoms with Gasteiger partial charge in [-0.1, -0.05) is 13.8 Å². The van der Waals surface area contributed by atoms with Crippen molar-refractivity contribution in [2.75, 3.05) is 19.9 Å². The highest BCUT2D eigenvalue weighted by atomic mass is 16.7. The number of hydrogen-bond donors (Lipinski definition) is 3. The quantitative estimate of drug-likeness (QED) is 0.135. The number of nitrogens with zero attached hydrogens (tertiary/aromatic N) is 1. The van der Waals surface area contributed by atoms with Crippen LogP contribution in [0.4, 0.5) is 0 Å². The predicted octanol–water partition coefficient (Wildman–Crippen LogP) is 1.71. The van der Waals surface area contributed by atoms with Crippen molar-refractivity contribution in [2.24, 2.45) is 16.1 Å². The van der Waals surface area contributed by atoms with E-state index in [1.807, 2.05) is 13.8 Å². The third-order valence-corrected chi connectivity index (χ3v) is 5.71. The van der Waals surface area contributed by atoms with Crippen molar-refractivity contribution in [2.45, 2.75) is 98.4 Å². The number of guanidine groups is 1. The van der Waals surface area contributed by atoms with Crippen LogP contribution in [0.2, 0.25) is 0 Å². The molecule has 0 fully saturated rings. The largest absolute Gasteiger partial charge is 0.463 e. The molecule has 3 unspecified atom stereocenters. The maximum Gasteiger partial charge on any atom is 0.333 e. The lowest BCUT2D eigenvalue weighted by atomic mass is 9.87. The Morgan fingerprint density at radius 1 is 1.08 bits per heavy atom. The van der Waals surface area contributed by atoms with Gasteiger partial charge in [0.1, 0.15) is 0 Å². The second-order valence-electron chi connectivity index (χ2n) is 9.97. The minimum absolute atomic E-state index is 0.0106. The summed E-state index contributed by atoms with van der Waals surface area (Å²) in [5, 5.41) is 5.95. The number of carbonyl (C=O) groups is 4. The van der Waals surface area contributed by atoms with Gasteiger partial charge in [-0.15, -0.1) is 0 Å². The first-order chi connectivity index (χ1) is 17.8. The average molecular weight is 541 g/mol. The molecule has 12 nitrogen and oxygen atoms in total. The third kappa shape index (κ3) is 11.5. The third-order valence-electron chi connectivity index (χ3n) is 5.71. The second kappa shape index (κ2) is 16.0. The first-order valence-electron chi connectivity index (χ1n) is 13.0. The van der Waals surface area contributed by atoms with Crippen LogP contribution in [0.3, 0.4) is 0 Å². The van der Waals surface area contributed by atoms with Crippen molar-refractivity contribution in [3.8, 4) is 0 Å². The van der Waals surface area contributed by atoms with Gasteiger partial charge in [-0.3, -0.25) is 19.4 Å². The molecule has 38 heavy (non-hydrogen) atoms. The molecular weight excluding hydrogens is 496 g/mol. The minimum atomic E-state index is -0.703. The maximum atomic E-state index is 12.6. The molecule has 0 saturated heterocycles. The highest BCUT2D eigenvalue weighted by Crippen LogP contribution is 2.25. The monoisotopic (exact) mass is 540 g/mol. The normalized spacial score (nSPS) is 19.8. The van der Waals surface area contributed by atoms with E-state index in [9.17, 15) is 19.2 Å². The summed E-state index contributed by atoms with van der Waals surface area (Å²) >= 11 is 0. The van der Waals surface area contributed by atoms with Crippen LogP contribution in [0.5, 0.6) is 0 Å². The van der Waals surface area contributed by atoms with Gasteiger partial charge >= 0.3 is 17.9 Å². The van der Waals surface area contributed by atoms with E-state index < -0.39 is 48.3 Å². The van der Waals surface area contributed by atoms with Gasteiger partial charge in [-0.25, -0.2) is 4.79 Å². The Morgan fingerprint density at radius 3 is 2.29 bits per heavy atom. The highest BCUT2D eigenvalue weighted by Gasteiger charge is 2.38. The van der Waals surface area contributed by atoms with E-state index >= 15 is 0 Å². The fourth-order valence-electron chi connectivity index (χ4n) is 3.66. The number of esters is 3. The molecule has 0 spiro atoms. The van der Waals surface area contributed by atoms with Crippen LogP contribution in [-0.4, -0.2) is 74.0 Å². The van der Waals surface area contributed by atoms with E-state index in [1.54, 1.807) is 33.8 Å². The smallest absolute Gasteiger partial charge is 0.333 e. The van der Waals surface area contributed by atoms with Gasteiger partial charge in [0.2, 0.25) is 12.7 Å². The summed E-state index contributed by atoms with van der Waals surface area (Å²) in [6.07, 6.45) is 2.66. The van der Waals surface area contributed by atoms with Crippen LogP contribution in [0.25, 0.3) is 0 Å². The molecule has 0 radical (unpaired) electrons. The van der Waals surface area contributed by atoms with Gasteiger partial charge in [-0.05, 0) is 46.6 Å². The molecule has 1 aliphatic rings. The van der Waals surface area contributed by atoms with Crippen molar-refractivity contribution < 1.29 is 38.1 Å². The highest BCUT2D eigenvalue weighted by molar-refractivity contribution is 5.89. The number of nitrogens with two attached hydrogens (primary N) is 1. The summed E-state index contributed by atoms with van der Waals surface area (Å²) in [7, 11) is 0. The second-order valence-corrected chi connectivity index (χ2v) is 9.97. The van der Waals surface area contributed by atoms with Crippen LogP contribution in [0.1, 0.15) is 74.1 Å². The van der Waals surface area contributed by atoms with Crippen molar-refractivity contribution in [1.29, 1.82) is 0 Å². The summed E-state index contributed by atoms with van der Waals surface area (Å²) in [4.78, 5) is 52.4. The Bertz CT molecular complexity index is 877. The molecule has 0 aromatic carbocycles. The Labute approximate surface area is 225 Å². The Hall–Kier alpha value is -3.15. The van der Waals surface area contributed by atoms with Gasteiger partial charge in [-0.2, -0.15) is 0 Å². The zero-order valence-corrected chi connectivity index (χ0v) is 23.6. The molecule has 1 aliphatic carbocycles. The SMILES string of the molecule is CCOC(=O)C1=CC(OC(CC)CC)C(NC(C)=O)C(NC(N)=NCCC(=O)OCOC(=O)C(C)(C)C)C1. The molecule has 3 atom stereocenters. The average Bonchev–Trinajstić information content (AvgIpc) is 2.83. The molecular formula is C26H44N4O8. The Balaban J connectivity index is 2.90. The van der Waals surface area contributed by atoms with E-state index in [0.29, 0.717) is 5.57 Å². The van der Waals surface area contributed by atoms with E-state index in [4.69, 9.17) is 24.7 Å². The number of carbonyl (C=O) groups excluding carboxylic acids is 4. The molecule has 1 amide bonds. The maximum absolute atomic E-state index is 12.6. The lowest BCUT2D eigenvalue weighted by Crippen LogP contribution is -2.60. The first kappa shape index (κ1) is 32.9. The number of nitrogens with one attached hydrogen (secondary N) is 2. The molecule has 12 heteroatoms. The van der Waals surface area contributed by atoms with Gasteiger partial charge in [0.15, 0.2) is 5.96 Å². The van der Waals surface area contributed by atoms with Crippen LogP contribution in [0, 0.1) is 5.41 Å². The molecule has 216 valence electrons. The molecule has 0 heterocycles.